The van der Waals surface area contributed by atoms with Gasteiger partial charge in [-0.3, -0.25) is 20.4 Å². The van der Waals surface area contributed by atoms with Crippen LogP contribution in [0.5, 0.6) is 0 Å². The first kappa shape index (κ1) is 15.9. The molecule has 7 heteroatoms. The molecule has 0 spiro atoms. The number of esters is 1. The first-order valence-electron chi connectivity index (χ1n) is 6.54. The van der Waals surface area contributed by atoms with Crippen LogP contribution >= 0.6 is 0 Å². The maximum atomic E-state index is 11.5. The number of hydrogen-bond donors (Lipinski definition) is 3. The van der Waals surface area contributed by atoms with Crippen LogP contribution in [-0.4, -0.2) is 36.6 Å². The van der Waals surface area contributed by atoms with E-state index in [1.165, 1.54) is 0 Å². The van der Waals surface area contributed by atoms with Crippen LogP contribution in [0.15, 0.2) is 24.4 Å². The molecule has 0 aliphatic carbocycles. The van der Waals surface area contributed by atoms with Crippen LogP contribution in [0.1, 0.15) is 19.8 Å². The maximum Gasteiger partial charge on any atom is 0.305 e. The zero-order chi connectivity index (χ0) is 14.6. The van der Waals surface area contributed by atoms with E-state index in [-0.39, 0.29) is 18.4 Å². The van der Waals surface area contributed by atoms with Crippen molar-refractivity contribution in [1.29, 1.82) is 0 Å². The average molecular weight is 280 g/mol. The van der Waals surface area contributed by atoms with Crippen LogP contribution in [0.3, 0.4) is 0 Å². The van der Waals surface area contributed by atoms with Crippen molar-refractivity contribution in [3.8, 4) is 0 Å². The average Bonchev–Trinajstić information content (AvgIpc) is 2.46. The lowest BCUT2D eigenvalue weighted by Crippen LogP contribution is -2.37. The number of hydrogen-bond acceptors (Lipinski definition) is 6. The summed E-state index contributed by atoms with van der Waals surface area (Å²) in [5.74, 6) is 0.158. The van der Waals surface area contributed by atoms with Gasteiger partial charge in [0, 0.05) is 12.6 Å². The molecule has 0 radical (unpaired) electrons. The smallest absolute Gasteiger partial charge is 0.305 e. The maximum absolute atomic E-state index is 11.5. The Morgan fingerprint density at radius 2 is 2.20 bits per heavy atom. The fourth-order valence-corrected chi connectivity index (χ4v) is 1.41. The predicted octanol–water partition coefficient (Wildman–Crippen LogP) is 0.458. The van der Waals surface area contributed by atoms with E-state index in [0.717, 1.165) is 0 Å². The second-order valence-electron chi connectivity index (χ2n) is 3.97. The fraction of sp³-hybridized carbons (Fsp3) is 0.462. The van der Waals surface area contributed by atoms with Crippen LogP contribution in [0.4, 0.5) is 5.82 Å². The molecular formula is C13H20N4O3. The van der Waals surface area contributed by atoms with E-state index in [2.05, 4.69) is 21.2 Å². The Kier molecular flexibility index (Phi) is 7.74. The number of nitrogens with zero attached hydrogens (tertiary/aromatic N) is 1. The van der Waals surface area contributed by atoms with Gasteiger partial charge in [-0.05, 0) is 32.0 Å². The van der Waals surface area contributed by atoms with Crippen molar-refractivity contribution in [2.45, 2.75) is 19.8 Å². The molecule has 0 saturated carbocycles. The zero-order valence-electron chi connectivity index (χ0n) is 11.5. The summed E-state index contributed by atoms with van der Waals surface area (Å²) >= 11 is 0. The Hall–Kier alpha value is -2.15. The zero-order valence-corrected chi connectivity index (χ0v) is 11.5. The second kappa shape index (κ2) is 9.74. The Balaban J connectivity index is 2.02. The second-order valence-corrected chi connectivity index (χ2v) is 3.97. The van der Waals surface area contributed by atoms with Crippen LogP contribution in [-0.2, 0) is 14.3 Å². The molecule has 1 heterocycles. The van der Waals surface area contributed by atoms with E-state index in [1.807, 2.05) is 6.07 Å². The molecule has 0 unspecified atom stereocenters. The normalized spacial score (nSPS) is 9.85. The van der Waals surface area contributed by atoms with Gasteiger partial charge in [-0.1, -0.05) is 6.07 Å². The van der Waals surface area contributed by atoms with Crippen molar-refractivity contribution in [2.24, 2.45) is 0 Å². The molecule has 1 amide bonds. The van der Waals surface area contributed by atoms with E-state index in [9.17, 15) is 9.59 Å². The van der Waals surface area contributed by atoms with Gasteiger partial charge >= 0.3 is 5.97 Å². The molecule has 7 nitrogen and oxygen atoms in total. The standard InChI is InChI=1S/C13H20N4O3/c1-2-20-13(19)7-5-8-14-10-12(18)17-16-11-6-3-4-9-15-11/h3-4,6,9,14H,2,5,7-8,10H2,1H3,(H,15,16)(H,17,18). The molecule has 1 rings (SSSR count). The van der Waals surface area contributed by atoms with E-state index >= 15 is 0 Å². The molecular weight excluding hydrogens is 260 g/mol. The lowest BCUT2D eigenvalue weighted by atomic mass is 10.3. The minimum Gasteiger partial charge on any atom is -0.466 e. The molecule has 0 aliphatic heterocycles. The number of hydrazine groups is 1. The van der Waals surface area contributed by atoms with Gasteiger partial charge in [0.05, 0.1) is 13.2 Å². The van der Waals surface area contributed by atoms with Crippen molar-refractivity contribution in [3.63, 3.8) is 0 Å². The van der Waals surface area contributed by atoms with Crippen molar-refractivity contribution in [1.82, 2.24) is 15.7 Å². The van der Waals surface area contributed by atoms with Gasteiger partial charge in [0.25, 0.3) is 5.91 Å². The minimum absolute atomic E-state index is 0.169. The molecule has 0 saturated heterocycles. The van der Waals surface area contributed by atoms with E-state index in [1.54, 1.807) is 25.3 Å². The molecule has 0 aliphatic rings. The number of rotatable bonds is 9. The first-order chi connectivity index (χ1) is 9.72. The molecule has 0 atom stereocenters. The Morgan fingerprint density at radius 1 is 1.35 bits per heavy atom. The Labute approximate surface area is 118 Å². The quantitative estimate of drug-likeness (QED) is 0.346. The third-order valence-corrected chi connectivity index (χ3v) is 2.32. The number of ether oxygens (including phenoxy) is 1. The van der Waals surface area contributed by atoms with Gasteiger partial charge in [-0.15, -0.1) is 0 Å². The highest BCUT2D eigenvalue weighted by molar-refractivity contribution is 5.79. The van der Waals surface area contributed by atoms with Gasteiger partial charge in [0.1, 0.15) is 5.82 Å². The Morgan fingerprint density at radius 3 is 2.90 bits per heavy atom. The predicted molar refractivity (Wildman–Crippen MR) is 74.7 cm³/mol. The highest BCUT2D eigenvalue weighted by Crippen LogP contribution is 1.96. The third-order valence-electron chi connectivity index (χ3n) is 2.32. The molecule has 0 fully saturated rings. The van der Waals surface area contributed by atoms with E-state index in [0.29, 0.717) is 31.8 Å². The first-order valence-corrected chi connectivity index (χ1v) is 6.54. The van der Waals surface area contributed by atoms with Gasteiger partial charge < -0.3 is 10.1 Å². The van der Waals surface area contributed by atoms with Crippen LogP contribution in [0.2, 0.25) is 0 Å². The van der Waals surface area contributed by atoms with Crippen molar-refractivity contribution >= 4 is 17.7 Å². The highest BCUT2D eigenvalue weighted by atomic mass is 16.5. The van der Waals surface area contributed by atoms with Crippen molar-refractivity contribution < 1.29 is 14.3 Å². The molecule has 1 aromatic rings. The van der Waals surface area contributed by atoms with Crippen LogP contribution in [0.25, 0.3) is 0 Å². The molecule has 1 aromatic heterocycles. The fourth-order valence-electron chi connectivity index (χ4n) is 1.41. The summed E-state index contributed by atoms with van der Waals surface area (Å²) in [7, 11) is 0. The van der Waals surface area contributed by atoms with Gasteiger partial charge in [-0.2, -0.15) is 0 Å². The molecule has 110 valence electrons. The topological polar surface area (TPSA) is 92.3 Å². The lowest BCUT2D eigenvalue weighted by Gasteiger charge is -2.08. The minimum atomic E-state index is -0.212. The third kappa shape index (κ3) is 7.32. The van der Waals surface area contributed by atoms with E-state index in [4.69, 9.17) is 4.74 Å². The summed E-state index contributed by atoms with van der Waals surface area (Å²) in [5, 5.41) is 2.94. The summed E-state index contributed by atoms with van der Waals surface area (Å²) < 4.78 is 4.79. The number of anilines is 1. The number of carbonyl (C=O) groups excluding carboxylic acids is 2. The van der Waals surface area contributed by atoms with Gasteiger partial charge in [-0.25, -0.2) is 4.98 Å². The molecule has 3 N–H and O–H groups in total. The summed E-state index contributed by atoms with van der Waals surface area (Å²) in [6, 6.07) is 5.35. The summed E-state index contributed by atoms with van der Waals surface area (Å²) in [6.45, 7) is 2.92. The van der Waals surface area contributed by atoms with Gasteiger partial charge in [0.15, 0.2) is 0 Å². The number of carbonyl (C=O) groups is 2. The van der Waals surface area contributed by atoms with Crippen LogP contribution < -0.4 is 16.2 Å². The molecule has 20 heavy (non-hydrogen) atoms. The lowest BCUT2D eigenvalue weighted by molar-refractivity contribution is -0.143. The van der Waals surface area contributed by atoms with Crippen molar-refractivity contribution in [3.05, 3.63) is 24.4 Å². The molecule has 0 aromatic carbocycles. The Bertz CT molecular complexity index is 411. The monoisotopic (exact) mass is 280 g/mol. The summed E-state index contributed by atoms with van der Waals surface area (Å²) in [4.78, 5) is 26.5. The highest BCUT2D eigenvalue weighted by Gasteiger charge is 2.02. The molecule has 0 bridgehead atoms. The number of nitrogens with one attached hydrogen (secondary N) is 3. The van der Waals surface area contributed by atoms with Crippen LogP contribution in [0, 0.1) is 0 Å². The SMILES string of the molecule is CCOC(=O)CCCNCC(=O)NNc1ccccn1. The van der Waals surface area contributed by atoms with E-state index < -0.39 is 0 Å². The number of aromatic nitrogens is 1. The number of amides is 1. The van der Waals surface area contributed by atoms with Gasteiger partial charge in [0.2, 0.25) is 0 Å². The summed E-state index contributed by atoms with van der Waals surface area (Å²) in [5.41, 5.74) is 5.21. The number of pyridine rings is 1. The van der Waals surface area contributed by atoms with Crippen molar-refractivity contribution in [2.75, 3.05) is 25.1 Å². The summed E-state index contributed by atoms with van der Waals surface area (Å²) in [6.07, 6.45) is 2.62. The largest absolute Gasteiger partial charge is 0.466 e.